The Labute approximate surface area is 326 Å². The standard InChI is InChI=1S/C53H34N2O/c1-3-15-35(16-4-1)37-19-13-21-40(31-37)49-34-48(36-17-5-2-6-18-36)54-52(55-49)41-22-14-20-38(32-41)39-29-30-47-51(33-39)56-50-28-12-11-27-46(50)53(47)44-25-9-7-23-42(44)43-24-8-10-26-45(43)53/h1-34H. The number of hydrogen-bond acceptors (Lipinski definition) is 3. The first kappa shape index (κ1) is 32.1. The molecule has 0 atom stereocenters. The fraction of sp³-hybridized carbons (Fsp3) is 0.0189. The molecule has 1 aliphatic carbocycles. The van der Waals surface area contributed by atoms with Gasteiger partial charge < -0.3 is 4.74 Å². The van der Waals surface area contributed by atoms with E-state index in [0.717, 1.165) is 61.8 Å². The summed E-state index contributed by atoms with van der Waals surface area (Å²) in [7, 11) is 0. The third-order valence-electron chi connectivity index (χ3n) is 11.4. The van der Waals surface area contributed by atoms with Crippen molar-refractivity contribution in [1.29, 1.82) is 0 Å². The average Bonchev–Trinajstić information content (AvgIpc) is 3.57. The van der Waals surface area contributed by atoms with Crippen molar-refractivity contribution in [2.24, 2.45) is 0 Å². The Morgan fingerprint density at radius 2 is 0.786 bits per heavy atom. The summed E-state index contributed by atoms with van der Waals surface area (Å²) in [5.74, 6) is 2.42. The minimum absolute atomic E-state index is 0.488. The number of rotatable bonds is 5. The maximum Gasteiger partial charge on any atom is 0.160 e. The minimum Gasteiger partial charge on any atom is -0.457 e. The fourth-order valence-corrected chi connectivity index (χ4v) is 8.85. The molecule has 9 aromatic rings. The van der Waals surface area contributed by atoms with Crippen molar-refractivity contribution < 1.29 is 4.74 Å². The zero-order valence-electron chi connectivity index (χ0n) is 30.4. The highest BCUT2D eigenvalue weighted by molar-refractivity contribution is 5.89. The van der Waals surface area contributed by atoms with E-state index in [0.29, 0.717) is 5.82 Å². The van der Waals surface area contributed by atoms with E-state index < -0.39 is 5.41 Å². The second-order valence-electron chi connectivity index (χ2n) is 14.5. The first-order valence-electron chi connectivity index (χ1n) is 19.1. The largest absolute Gasteiger partial charge is 0.457 e. The van der Waals surface area contributed by atoms with Gasteiger partial charge in [0, 0.05) is 27.8 Å². The van der Waals surface area contributed by atoms with Crippen LogP contribution in [-0.4, -0.2) is 9.97 Å². The summed E-state index contributed by atoms with van der Waals surface area (Å²) in [6, 6.07) is 73.0. The zero-order valence-corrected chi connectivity index (χ0v) is 30.4. The minimum atomic E-state index is -0.488. The molecule has 3 nitrogen and oxygen atoms in total. The lowest BCUT2D eigenvalue weighted by atomic mass is 9.66. The van der Waals surface area contributed by atoms with Crippen LogP contribution in [0.5, 0.6) is 11.5 Å². The van der Waals surface area contributed by atoms with Crippen LogP contribution in [-0.2, 0) is 5.41 Å². The van der Waals surface area contributed by atoms with Crippen molar-refractivity contribution >= 4 is 0 Å². The summed E-state index contributed by atoms with van der Waals surface area (Å²) < 4.78 is 6.82. The maximum atomic E-state index is 6.82. The molecule has 2 heterocycles. The van der Waals surface area contributed by atoms with Crippen LogP contribution in [0.4, 0.5) is 0 Å². The van der Waals surface area contributed by atoms with E-state index >= 15 is 0 Å². The predicted molar refractivity (Wildman–Crippen MR) is 227 cm³/mol. The van der Waals surface area contributed by atoms with E-state index in [4.69, 9.17) is 14.7 Å². The van der Waals surface area contributed by atoms with Crippen molar-refractivity contribution in [2.75, 3.05) is 0 Å². The number of fused-ring (bicyclic) bond motifs is 9. The Balaban J connectivity index is 1.04. The number of aromatic nitrogens is 2. The Bertz CT molecular complexity index is 2910. The molecule has 0 unspecified atom stereocenters. The molecule has 11 rings (SSSR count). The molecule has 0 fully saturated rings. The third kappa shape index (κ3) is 5.05. The van der Waals surface area contributed by atoms with Crippen LogP contribution < -0.4 is 4.74 Å². The van der Waals surface area contributed by atoms with Gasteiger partial charge >= 0.3 is 0 Å². The summed E-state index contributed by atoms with van der Waals surface area (Å²) in [6.45, 7) is 0. The molecule has 2 aliphatic rings. The Morgan fingerprint density at radius 3 is 1.50 bits per heavy atom. The molecule has 0 saturated carbocycles. The molecule has 0 radical (unpaired) electrons. The van der Waals surface area contributed by atoms with E-state index in [1.807, 2.05) is 12.1 Å². The quantitative estimate of drug-likeness (QED) is 0.178. The van der Waals surface area contributed by atoms with E-state index in [1.54, 1.807) is 0 Å². The summed E-state index contributed by atoms with van der Waals surface area (Å²) in [5, 5.41) is 0. The van der Waals surface area contributed by atoms with Crippen molar-refractivity contribution in [1.82, 2.24) is 9.97 Å². The first-order chi connectivity index (χ1) is 27.7. The van der Waals surface area contributed by atoms with Gasteiger partial charge in [0.05, 0.1) is 16.8 Å². The second kappa shape index (κ2) is 12.9. The second-order valence-corrected chi connectivity index (χ2v) is 14.5. The van der Waals surface area contributed by atoms with E-state index in [1.165, 1.54) is 33.4 Å². The molecule has 1 aromatic heterocycles. The Morgan fingerprint density at radius 1 is 0.304 bits per heavy atom. The van der Waals surface area contributed by atoms with E-state index in [-0.39, 0.29) is 0 Å². The first-order valence-corrected chi connectivity index (χ1v) is 19.1. The zero-order chi connectivity index (χ0) is 37.1. The monoisotopic (exact) mass is 714 g/mol. The molecule has 1 aliphatic heterocycles. The molecular formula is C53H34N2O. The summed E-state index contributed by atoms with van der Waals surface area (Å²) in [4.78, 5) is 10.4. The molecule has 0 N–H and O–H groups in total. The molecule has 56 heavy (non-hydrogen) atoms. The number of benzene rings is 8. The smallest absolute Gasteiger partial charge is 0.160 e. The molecule has 8 aromatic carbocycles. The van der Waals surface area contributed by atoms with Crippen molar-refractivity contribution in [3.05, 3.63) is 229 Å². The van der Waals surface area contributed by atoms with Crippen LogP contribution in [0.1, 0.15) is 22.3 Å². The van der Waals surface area contributed by atoms with Gasteiger partial charge in [-0.1, -0.05) is 176 Å². The van der Waals surface area contributed by atoms with E-state index in [2.05, 4.69) is 194 Å². The van der Waals surface area contributed by atoms with Gasteiger partial charge in [-0.3, -0.25) is 0 Å². The highest BCUT2D eigenvalue weighted by Crippen LogP contribution is 2.62. The molecule has 262 valence electrons. The van der Waals surface area contributed by atoms with Crippen molar-refractivity contribution in [3.8, 4) is 78.8 Å². The highest BCUT2D eigenvalue weighted by atomic mass is 16.5. The van der Waals surface area contributed by atoms with Crippen LogP contribution in [0.15, 0.2) is 206 Å². The topological polar surface area (TPSA) is 35.0 Å². The SMILES string of the molecule is c1ccc(-c2cccc(-c3cc(-c4ccccc4)nc(-c4cccc(-c5ccc6c(c5)Oc5ccccc5C65c6ccccc6-c6ccccc65)c4)n3)c2)cc1. The van der Waals surface area contributed by atoms with E-state index in [9.17, 15) is 0 Å². The summed E-state index contributed by atoms with van der Waals surface area (Å²) >= 11 is 0. The van der Waals surface area contributed by atoms with Crippen molar-refractivity contribution in [2.45, 2.75) is 5.41 Å². The average molecular weight is 715 g/mol. The van der Waals surface area contributed by atoms with Gasteiger partial charge in [-0.25, -0.2) is 9.97 Å². The normalized spacial score (nSPS) is 12.9. The molecule has 0 bridgehead atoms. The van der Waals surface area contributed by atoms with Crippen LogP contribution in [0.3, 0.4) is 0 Å². The molecule has 0 saturated heterocycles. The van der Waals surface area contributed by atoms with Gasteiger partial charge in [0.2, 0.25) is 0 Å². The van der Waals surface area contributed by atoms with Gasteiger partial charge in [0.25, 0.3) is 0 Å². The van der Waals surface area contributed by atoms with Crippen LogP contribution in [0.25, 0.3) is 67.3 Å². The number of hydrogen-bond donors (Lipinski definition) is 0. The van der Waals surface area contributed by atoms with Gasteiger partial charge in [-0.15, -0.1) is 0 Å². The van der Waals surface area contributed by atoms with Gasteiger partial charge in [0.15, 0.2) is 5.82 Å². The summed E-state index contributed by atoms with van der Waals surface area (Å²) in [5.41, 5.74) is 16.2. The maximum absolute atomic E-state index is 6.82. The Hall–Kier alpha value is -7.36. The lowest BCUT2D eigenvalue weighted by Crippen LogP contribution is -2.32. The van der Waals surface area contributed by atoms with Crippen LogP contribution in [0, 0.1) is 0 Å². The Kier molecular flexibility index (Phi) is 7.39. The highest BCUT2D eigenvalue weighted by Gasteiger charge is 2.50. The number of nitrogens with zero attached hydrogens (tertiary/aromatic N) is 2. The van der Waals surface area contributed by atoms with Crippen LogP contribution in [0.2, 0.25) is 0 Å². The lowest BCUT2D eigenvalue weighted by Gasteiger charge is -2.39. The fourth-order valence-electron chi connectivity index (χ4n) is 8.85. The number of ether oxygens (including phenoxy) is 1. The van der Waals surface area contributed by atoms with Gasteiger partial charge in [-0.05, 0) is 74.8 Å². The lowest BCUT2D eigenvalue weighted by molar-refractivity contribution is 0.436. The molecule has 3 heteroatoms. The van der Waals surface area contributed by atoms with Gasteiger partial charge in [0.1, 0.15) is 11.5 Å². The third-order valence-corrected chi connectivity index (χ3v) is 11.4. The van der Waals surface area contributed by atoms with Crippen LogP contribution >= 0.6 is 0 Å². The molecule has 1 spiro atoms. The summed E-state index contributed by atoms with van der Waals surface area (Å²) in [6.07, 6.45) is 0. The molecular weight excluding hydrogens is 681 g/mol. The van der Waals surface area contributed by atoms with Gasteiger partial charge in [-0.2, -0.15) is 0 Å². The number of para-hydroxylation sites is 1. The van der Waals surface area contributed by atoms with Crippen molar-refractivity contribution in [3.63, 3.8) is 0 Å². The predicted octanol–water partition coefficient (Wildman–Crippen LogP) is 13.3. The molecule has 0 amide bonds.